The van der Waals surface area contributed by atoms with E-state index in [1.807, 2.05) is 19.1 Å². The van der Waals surface area contributed by atoms with E-state index in [0.29, 0.717) is 16.7 Å². The lowest BCUT2D eigenvalue weighted by Crippen LogP contribution is -2.30. The van der Waals surface area contributed by atoms with E-state index < -0.39 is 11.6 Å². The highest BCUT2D eigenvalue weighted by atomic mass is 19.1. The summed E-state index contributed by atoms with van der Waals surface area (Å²) in [6.45, 7) is 4.30. The summed E-state index contributed by atoms with van der Waals surface area (Å²) in [4.78, 5) is 0. The standard InChI is InChI=1S/C28H36F2O/c1-3-5-7-19-8-9-21-16-22(11-10-20(21)15-19)23-12-13-25-24(17-23)18-26(29)28(27(25)30)31-14-6-4-2/h4,6,12-13,17-22H,3,5,7-11,14-16H2,1-2H3. The van der Waals surface area contributed by atoms with Crippen LogP contribution in [0.1, 0.15) is 83.1 Å². The van der Waals surface area contributed by atoms with Crippen molar-refractivity contribution >= 4 is 10.8 Å². The van der Waals surface area contributed by atoms with Gasteiger partial charge >= 0.3 is 0 Å². The molecular weight excluding hydrogens is 390 g/mol. The summed E-state index contributed by atoms with van der Waals surface area (Å²) in [5.74, 6) is 1.66. The molecule has 4 rings (SSSR count). The predicted molar refractivity (Wildman–Crippen MR) is 125 cm³/mol. The molecule has 2 aliphatic rings. The van der Waals surface area contributed by atoms with Gasteiger partial charge in [-0.3, -0.25) is 0 Å². The summed E-state index contributed by atoms with van der Waals surface area (Å²) < 4.78 is 34.7. The van der Waals surface area contributed by atoms with E-state index in [1.165, 1.54) is 69.4 Å². The fourth-order valence-electron chi connectivity index (χ4n) is 5.99. The van der Waals surface area contributed by atoms with Gasteiger partial charge in [0.05, 0.1) is 0 Å². The van der Waals surface area contributed by atoms with E-state index in [1.54, 1.807) is 12.2 Å². The van der Waals surface area contributed by atoms with E-state index in [4.69, 9.17) is 4.74 Å². The molecule has 0 spiro atoms. The maximum atomic E-state index is 14.9. The van der Waals surface area contributed by atoms with Gasteiger partial charge < -0.3 is 4.74 Å². The highest BCUT2D eigenvalue weighted by molar-refractivity contribution is 5.85. The number of ether oxygens (including phenoxy) is 1. The molecule has 31 heavy (non-hydrogen) atoms. The minimum absolute atomic E-state index is 0.165. The summed E-state index contributed by atoms with van der Waals surface area (Å²) >= 11 is 0. The minimum Gasteiger partial charge on any atom is -0.483 e. The normalized spacial score (nSPS) is 26.3. The summed E-state index contributed by atoms with van der Waals surface area (Å²) in [5, 5.41) is 1.07. The molecule has 0 heterocycles. The van der Waals surface area contributed by atoms with Gasteiger partial charge in [-0.15, -0.1) is 0 Å². The Labute approximate surface area is 185 Å². The van der Waals surface area contributed by atoms with Crippen molar-refractivity contribution in [3.63, 3.8) is 0 Å². The van der Waals surface area contributed by atoms with Gasteiger partial charge in [0.15, 0.2) is 17.4 Å². The van der Waals surface area contributed by atoms with Crippen molar-refractivity contribution in [3.8, 4) is 5.75 Å². The molecule has 168 valence electrons. The van der Waals surface area contributed by atoms with Crippen molar-refractivity contribution < 1.29 is 13.5 Å². The van der Waals surface area contributed by atoms with Crippen molar-refractivity contribution in [2.24, 2.45) is 17.8 Å². The number of fused-ring (bicyclic) bond motifs is 2. The smallest absolute Gasteiger partial charge is 0.191 e. The molecule has 0 N–H and O–H groups in total. The molecule has 0 radical (unpaired) electrons. The van der Waals surface area contributed by atoms with Gasteiger partial charge in [0.1, 0.15) is 6.61 Å². The Bertz CT molecular complexity index is 919. The molecule has 0 bridgehead atoms. The van der Waals surface area contributed by atoms with Crippen LogP contribution in [0.3, 0.4) is 0 Å². The molecule has 4 unspecified atom stereocenters. The second-order valence-corrected chi connectivity index (χ2v) is 9.71. The predicted octanol–water partition coefficient (Wildman–Crippen LogP) is 8.56. The van der Waals surface area contributed by atoms with Crippen molar-refractivity contribution in [1.82, 2.24) is 0 Å². The lowest BCUT2D eigenvalue weighted by molar-refractivity contribution is 0.113. The molecule has 2 fully saturated rings. The van der Waals surface area contributed by atoms with Crippen LogP contribution in [0.2, 0.25) is 0 Å². The Balaban J connectivity index is 1.47. The second kappa shape index (κ2) is 10.1. The molecular formula is C28H36F2O. The van der Waals surface area contributed by atoms with Gasteiger partial charge in [0.2, 0.25) is 0 Å². The van der Waals surface area contributed by atoms with Crippen molar-refractivity contribution in [1.29, 1.82) is 0 Å². The highest BCUT2D eigenvalue weighted by Gasteiger charge is 2.35. The van der Waals surface area contributed by atoms with Crippen LogP contribution in [-0.4, -0.2) is 6.61 Å². The van der Waals surface area contributed by atoms with Gasteiger partial charge in [-0.05, 0) is 79.7 Å². The van der Waals surface area contributed by atoms with Crippen LogP contribution in [0.4, 0.5) is 8.78 Å². The molecule has 2 aromatic rings. The topological polar surface area (TPSA) is 9.23 Å². The van der Waals surface area contributed by atoms with Gasteiger partial charge in [-0.25, -0.2) is 8.78 Å². The molecule has 2 aromatic carbocycles. The quantitative estimate of drug-likeness (QED) is 0.403. The molecule has 0 amide bonds. The first-order valence-corrected chi connectivity index (χ1v) is 12.3. The maximum absolute atomic E-state index is 14.9. The first-order chi connectivity index (χ1) is 15.1. The van der Waals surface area contributed by atoms with Crippen molar-refractivity contribution in [3.05, 3.63) is 53.6 Å². The van der Waals surface area contributed by atoms with Gasteiger partial charge in [0, 0.05) is 5.39 Å². The van der Waals surface area contributed by atoms with E-state index in [-0.39, 0.29) is 12.4 Å². The number of rotatable bonds is 7. The Morgan fingerprint density at radius 3 is 2.65 bits per heavy atom. The van der Waals surface area contributed by atoms with E-state index >= 15 is 0 Å². The zero-order valence-electron chi connectivity index (χ0n) is 19.0. The Hall–Kier alpha value is -1.90. The molecule has 2 aliphatic carbocycles. The summed E-state index contributed by atoms with van der Waals surface area (Å²) in [7, 11) is 0. The Kier molecular flexibility index (Phi) is 7.30. The van der Waals surface area contributed by atoms with Gasteiger partial charge in [-0.1, -0.05) is 63.0 Å². The number of unbranched alkanes of at least 4 members (excludes halogenated alkanes) is 1. The molecule has 3 heteroatoms. The number of halogens is 2. The Morgan fingerprint density at radius 1 is 1.03 bits per heavy atom. The van der Waals surface area contributed by atoms with Crippen molar-refractivity contribution in [2.75, 3.05) is 6.61 Å². The first kappa shape index (κ1) is 22.3. The first-order valence-electron chi connectivity index (χ1n) is 12.3. The molecule has 0 saturated heterocycles. The lowest BCUT2D eigenvalue weighted by Gasteiger charge is -2.42. The Morgan fingerprint density at radius 2 is 1.84 bits per heavy atom. The minimum atomic E-state index is -0.624. The largest absolute Gasteiger partial charge is 0.483 e. The van der Waals surface area contributed by atoms with E-state index in [9.17, 15) is 8.78 Å². The van der Waals surface area contributed by atoms with Crippen LogP contribution in [0, 0.1) is 29.4 Å². The molecule has 0 aliphatic heterocycles. The number of benzene rings is 2. The number of hydrogen-bond donors (Lipinski definition) is 0. The molecule has 0 aromatic heterocycles. The average Bonchev–Trinajstić information content (AvgIpc) is 2.79. The van der Waals surface area contributed by atoms with Crippen LogP contribution in [0.25, 0.3) is 10.8 Å². The summed E-state index contributed by atoms with van der Waals surface area (Å²) in [6, 6.07) is 7.30. The zero-order chi connectivity index (χ0) is 21.8. The van der Waals surface area contributed by atoms with E-state index in [0.717, 1.165) is 17.8 Å². The fraction of sp³-hybridized carbons (Fsp3) is 0.571. The lowest BCUT2D eigenvalue weighted by atomic mass is 9.63. The maximum Gasteiger partial charge on any atom is 0.191 e. The second-order valence-electron chi connectivity index (χ2n) is 9.71. The molecule has 1 nitrogen and oxygen atoms in total. The van der Waals surface area contributed by atoms with Crippen LogP contribution < -0.4 is 4.74 Å². The SMILES string of the molecule is CC=CCOc1c(F)cc2cc(C3CCC4CC(CCCC)CCC4C3)ccc2c1F. The van der Waals surface area contributed by atoms with Crippen LogP contribution in [-0.2, 0) is 0 Å². The van der Waals surface area contributed by atoms with E-state index in [2.05, 4.69) is 13.0 Å². The number of allylic oxidation sites excluding steroid dienone is 1. The molecule has 2 saturated carbocycles. The van der Waals surface area contributed by atoms with Gasteiger partial charge in [0.25, 0.3) is 0 Å². The molecule has 4 atom stereocenters. The summed E-state index contributed by atoms with van der Waals surface area (Å²) in [5.41, 5.74) is 1.24. The third kappa shape index (κ3) is 4.96. The summed E-state index contributed by atoms with van der Waals surface area (Å²) in [6.07, 6.45) is 15.5. The van der Waals surface area contributed by atoms with Crippen LogP contribution in [0.15, 0.2) is 36.4 Å². The average molecular weight is 427 g/mol. The number of hydrogen-bond acceptors (Lipinski definition) is 1. The third-order valence-corrected chi connectivity index (χ3v) is 7.73. The third-order valence-electron chi connectivity index (χ3n) is 7.73. The monoisotopic (exact) mass is 426 g/mol. The zero-order valence-corrected chi connectivity index (χ0v) is 19.0. The van der Waals surface area contributed by atoms with Gasteiger partial charge in [-0.2, -0.15) is 0 Å². The van der Waals surface area contributed by atoms with Crippen LogP contribution >= 0.6 is 0 Å². The fourth-order valence-corrected chi connectivity index (χ4v) is 5.99. The highest BCUT2D eigenvalue weighted by Crippen LogP contribution is 2.48. The van der Waals surface area contributed by atoms with Crippen molar-refractivity contribution in [2.45, 2.75) is 77.6 Å². The van der Waals surface area contributed by atoms with Crippen LogP contribution in [0.5, 0.6) is 5.75 Å².